The average Bonchev–Trinajstić information content (AvgIpc) is 2.64. The van der Waals surface area contributed by atoms with Crippen LogP contribution >= 0.6 is 15.9 Å². The summed E-state index contributed by atoms with van der Waals surface area (Å²) in [6.45, 7) is -0.361. The summed E-state index contributed by atoms with van der Waals surface area (Å²) in [5.74, 6) is -1.83. The Kier molecular flexibility index (Phi) is 6.39. The van der Waals surface area contributed by atoms with Crippen LogP contribution in [0.1, 0.15) is 20.7 Å². The van der Waals surface area contributed by atoms with Crippen molar-refractivity contribution in [2.75, 3.05) is 6.54 Å². The van der Waals surface area contributed by atoms with E-state index in [1.165, 1.54) is 18.2 Å². The molecule has 2 aromatic carbocycles. The van der Waals surface area contributed by atoms with E-state index in [0.29, 0.717) is 5.56 Å². The minimum atomic E-state index is -0.722. The quantitative estimate of drug-likeness (QED) is 0.498. The molecule has 0 radical (unpaired) electrons. The van der Waals surface area contributed by atoms with E-state index in [1.807, 2.05) is 0 Å². The fraction of sp³-hybridized carbons (Fsp3) is 0.0625. The van der Waals surface area contributed by atoms with Gasteiger partial charge in [-0.25, -0.2) is 0 Å². The van der Waals surface area contributed by atoms with Crippen molar-refractivity contribution in [1.29, 1.82) is 0 Å². The number of carbonyl (C=O) groups excluding carboxylic acids is 3. The van der Waals surface area contributed by atoms with Crippen molar-refractivity contribution in [3.63, 3.8) is 0 Å². The van der Waals surface area contributed by atoms with Crippen LogP contribution in [0.3, 0.4) is 0 Å². The summed E-state index contributed by atoms with van der Waals surface area (Å²) in [6, 6.07) is 11.7. The molecule has 0 aliphatic heterocycles. The van der Waals surface area contributed by atoms with E-state index in [4.69, 9.17) is 0 Å². The van der Waals surface area contributed by atoms with Crippen molar-refractivity contribution < 1.29 is 19.3 Å². The highest BCUT2D eigenvalue weighted by molar-refractivity contribution is 9.10. The summed E-state index contributed by atoms with van der Waals surface area (Å²) >= 11 is 3.24. The van der Waals surface area contributed by atoms with Gasteiger partial charge in [0.15, 0.2) is 0 Å². The first kappa shape index (κ1) is 19.1. The molecule has 0 saturated carbocycles. The first-order valence-electron chi connectivity index (χ1n) is 7.24. The lowest BCUT2D eigenvalue weighted by Gasteiger charge is -2.08. The van der Waals surface area contributed by atoms with Crippen LogP contribution in [-0.2, 0) is 4.79 Å². The molecule has 0 atom stereocenters. The summed E-state index contributed by atoms with van der Waals surface area (Å²) in [5.41, 5.74) is 4.37. The van der Waals surface area contributed by atoms with E-state index in [-0.39, 0.29) is 17.8 Å². The van der Waals surface area contributed by atoms with Crippen molar-refractivity contribution in [3.8, 4) is 0 Å². The Balaban J connectivity index is 1.83. The molecule has 10 heteroatoms. The molecular weight excluding hydrogens is 408 g/mol. The van der Waals surface area contributed by atoms with Crippen LogP contribution < -0.4 is 16.2 Å². The fourth-order valence-corrected chi connectivity index (χ4v) is 2.30. The Morgan fingerprint density at radius 3 is 2.27 bits per heavy atom. The number of hydrogen-bond donors (Lipinski definition) is 3. The van der Waals surface area contributed by atoms with Gasteiger partial charge >= 0.3 is 0 Å². The first-order chi connectivity index (χ1) is 12.4. The molecule has 0 aliphatic carbocycles. The maximum Gasteiger partial charge on any atom is 0.270 e. The van der Waals surface area contributed by atoms with E-state index < -0.39 is 22.6 Å². The van der Waals surface area contributed by atoms with Crippen LogP contribution in [0.5, 0.6) is 0 Å². The van der Waals surface area contributed by atoms with Gasteiger partial charge in [-0.2, -0.15) is 0 Å². The molecule has 9 nitrogen and oxygen atoms in total. The molecular formula is C16H13BrN4O5. The van der Waals surface area contributed by atoms with Crippen molar-refractivity contribution in [2.45, 2.75) is 0 Å². The summed E-state index contributed by atoms with van der Waals surface area (Å²) in [4.78, 5) is 45.5. The third-order valence-electron chi connectivity index (χ3n) is 3.13. The molecule has 0 spiro atoms. The number of nitrogens with one attached hydrogen (secondary N) is 3. The number of nitro groups is 1. The highest BCUT2D eigenvalue weighted by atomic mass is 79.9. The molecule has 0 aromatic heterocycles. The van der Waals surface area contributed by atoms with Crippen molar-refractivity contribution >= 4 is 39.3 Å². The molecule has 0 saturated heterocycles. The van der Waals surface area contributed by atoms with E-state index in [0.717, 1.165) is 10.5 Å². The van der Waals surface area contributed by atoms with E-state index in [1.54, 1.807) is 24.3 Å². The second kappa shape index (κ2) is 8.72. The van der Waals surface area contributed by atoms with Crippen molar-refractivity contribution in [3.05, 3.63) is 74.2 Å². The van der Waals surface area contributed by atoms with E-state index in [2.05, 4.69) is 32.1 Å². The molecule has 134 valence electrons. The number of halogens is 1. The normalized spacial score (nSPS) is 9.88. The number of carbonyl (C=O) groups is 3. The zero-order chi connectivity index (χ0) is 19.1. The van der Waals surface area contributed by atoms with Crippen LogP contribution in [0, 0.1) is 10.1 Å². The predicted molar refractivity (Wildman–Crippen MR) is 95.2 cm³/mol. The zero-order valence-corrected chi connectivity index (χ0v) is 14.8. The first-order valence-corrected chi connectivity index (χ1v) is 8.03. The summed E-state index contributed by atoms with van der Waals surface area (Å²) in [6.07, 6.45) is 0. The number of hydrazine groups is 1. The van der Waals surface area contributed by atoms with Gasteiger partial charge in [-0.15, -0.1) is 0 Å². The van der Waals surface area contributed by atoms with Crippen LogP contribution in [0.4, 0.5) is 5.69 Å². The molecule has 0 bridgehead atoms. The van der Waals surface area contributed by atoms with Gasteiger partial charge in [0.25, 0.3) is 23.4 Å². The summed E-state index contributed by atoms with van der Waals surface area (Å²) in [7, 11) is 0. The largest absolute Gasteiger partial charge is 0.343 e. The third-order valence-corrected chi connectivity index (χ3v) is 3.62. The maximum absolute atomic E-state index is 11.9. The Morgan fingerprint density at radius 1 is 0.962 bits per heavy atom. The van der Waals surface area contributed by atoms with Crippen LogP contribution in [0.15, 0.2) is 53.0 Å². The fourth-order valence-electron chi connectivity index (χ4n) is 1.90. The molecule has 2 rings (SSSR count). The Hall–Kier alpha value is -3.27. The smallest absolute Gasteiger partial charge is 0.270 e. The van der Waals surface area contributed by atoms with Gasteiger partial charge in [0.2, 0.25) is 0 Å². The number of amides is 3. The molecule has 2 aromatic rings. The van der Waals surface area contributed by atoms with Gasteiger partial charge in [0.05, 0.1) is 11.5 Å². The highest BCUT2D eigenvalue weighted by Gasteiger charge is 2.13. The second-order valence-corrected chi connectivity index (χ2v) is 5.92. The number of nitrogens with zero attached hydrogens (tertiary/aromatic N) is 1. The SMILES string of the molecule is O=C(CNC(=O)c1cccc(Br)c1)NNC(=O)c1cccc([N+](=O)[O-])c1. The van der Waals surface area contributed by atoms with Gasteiger partial charge in [-0.05, 0) is 24.3 Å². The number of rotatable bonds is 5. The van der Waals surface area contributed by atoms with Crippen LogP contribution in [0.25, 0.3) is 0 Å². The zero-order valence-electron chi connectivity index (χ0n) is 13.2. The second-order valence-electron chi connectivity index (χ2n) is 5.00. The lowest BCUT2D eigenvalue weighted by atomic mass is 10.2. The molecule has 0 unspecified atom stereocenters. The number of non-ortho nitro benzene ring substituents is 1. The number of hydrogen-bond acceptors (Lipinski definition) is 5. The van der Waals surface area contributed by atoms with E-state index >= 15 is 0 Å². The predicted octanol–water partition coefficient (Wildman–Crippen LogP) is 1.55. The Morgan fingerprint density at radius 2 is 1.62 bits per heavy atom. The molecule has 3 amide bonds. The Labute approximate surface area is 156 Å². The van der Waals surface area contributed by atoms with Gasteiger partial charge in [0, 0.05) is 27.7 Å². The van der Waals surface area contributed by atoms with Crippen LogP contribution in [-0.4, -0.2) is 29.2 Å². The maximum atomic E-state index is 11.9. The third kappa shape index (κ3) is 5.38. The van der Waals surface area contributed by atoms with Gasteiger partial charge in [-0.1, -0.05) is 28.1 Å². The molecule has 0 aliphatic rings. The number of nitro benzene ring substituents is 1. The monoisotopic (exact) mass is 420 g/mol. The van der Waals surface area contributed by atoms with Gasteiger partial charge < -0.3 is 5.32 Å². The van der Waals surface area contributed by atoms with E-state index in [9.17, 15) is 24.5 Å². The minimum Gasteiger partial charge on any atom is -0.343 e. The van der Waals surface area contributed by atoms with Gasteiger partial charge in [0.1, 0.15) is 0 Å². The van der Waals surface area contributed by atoms with Crippen molar-refractivity contribution in [2.24, 2.45) is 0 Å². The number of benzene rings is 2. The molecule has 3 N–H and O–H groups in total. The lowest BCUT2D eigenvalue weighted by molar-refractivity contribution is -0.384. The standard InChI is InChI=1S/C16H13BrN4O5/c17-12-5-1-3-10(7-12)15(23)18-9-14(22)19-20-16(24)11-4-2-6-13(8-11)21(25)26/h1-8H,9H2,(H,18,23)(H,19,22)(H,20,24). The average molecular weight is 421 g/mol. The van der Waals surface area contributed by atoms with Crippen LogP contribution in [0.2, 0.25) is 0 Å². The van der Waals surface area contributed by atoms with Crippen molar-refractivity contribution in [1.82, 2.24) is 16.2 Å². The lowest BCUT2D eigenvalue weighted by Crippen LogP contribution is -2.46. The summed E-state index contributed by atoms with van der Waals surface area (Å²) in [5, 5.41) is 13.1. The molecule has 26 heavy (non-hydrogen) atoms. The minimum absolute atomic E-state index is 0.0117. The summed E-state index contributed by atoms with van der Waals surface area (Å²) < 4.78 is 0.721. The Bertz CT molecular complexity index is 871. The highest BCUT2D eigenvalue weighted by Crippen LogP contribution is 2.13. The molecule has 0 fully saturated rings. The topological polar surface area (TPSA) is 130 Å². The van der Waals surface area contributed by atoms with Gasteiger partial charge in [-0.3, -0.25) is 35.3 Å². The molecule has 0 heterocycles.